The summed E-state index contributed by atoms with van der Waals surface area (Å²) in [4.78, 5) is 0. The molecule has 0 fully saturated rings. The zero-order valence-corrected chi connectivity index (χ0v) is 9.85. The van der Waals surface area contributed by atoms with Crippen LogP contribution in [0.4, 0.5) is 5.82 Å². The lowest BCUT2D eigenvalue weighted by molar-refractivity contribution is 0.639. The SMILES string of the molecule is N#CCCn1nc(-c2ccccc2Cl)cc1N. The first kappa shape index (κ1) is 11.5. The molecule has 0 aliphatic carbocycles. The summed E-state index contributed by atoms with van der Waals surface area (Å²) in [6, 6.07) is 11.3. The van der Waals surface area contributed by atoms with Gasteiger partial charge in [0.05, 0.1) is 29.8 Å². The van der Waals surface area contributed by atoms with Crippen LogP contribution in [0.5, 0.6) is 0 Å². The van der Waals surface area contributed by atoms with E-state index in [1.807, 2.05) is 18.2 Å². The number of benzene rings is 1. The van der Waals surface area contributed by atoms with Crippen LogP contribution in [-0.4, -0.2) is 9.78 Å². The molecule has 2 rings (SSSR count). The van der Waals surface area contributed by atoms with Crippen LogP contribution in [0.3, 0.4) is 0 Å². The van der Waals surface area contributed by atoms with Crippen LogP contribution in [0.1, 0.15) is 6.42 Å². The molecule has 0 radical (unpaired) electrons. The third-order valence-corrected chi connectivity index (χ3v) is 2.73. The van der Waals surface area contributed by atoms with E-state index in [0.29, 0.717) is 23.8 Å². The number of nitrogens with zero attached hydrogens (tertiary/aromatic N) is 3. The molecule has 0 aliphatic rings. The van der Waals surface area contributed by atoms with E-state index in [4.69, 9.17) is 22.6 Å². The molecule has 4 nitrogen and oxygen atoms in total. The summed E-state index contributed by atoms with van der Waals surface area (Å²) < 4.78 is 1.61. The number of nitrogens with two attached hydrogens (primary N) is 1. The lowest BCUT2D eigenvalue weighted by atomic mass is 10.1. The van der Waals surface area contributed by atoms with Gasteiger partial charge in [0.2, 0.25) is 0 Å². The van der Waals surface area contributed by atoms with E-state index in [1.54, 1.807) is 16.8 Å². The zero-order chi connectivity index (χ0) is 12.3. The minimum absolute atomic E-state index is 0.383. The fraction of sp³-hybridized carbons (Fsp3) is 0.167. The molecule has 0 saturated heterocycles. The van der Waals surface area contributed by atoms with Crippen LogP contribution < -0.4 is 5.73 Å². The van der Waals surface area contributed by atoms with Crippen molar-refractivity contribution in [3.8, 4) is 17.3 Å². The summed E-state index contributed by atoms with van der Waals surface area (Å²) in [5.74, 6) is 0.537. The van der Waals surface area contributed by atoms with Gasteiger partial charge in [0.1, 0.15) is 5.82 Å². The summed E-state index contributed by atoms with van der Waals surface area (Å²) >= 11 is 6.08. The lowest BCUT2D eigenvalue weighted by Crippen LogP contribution is -2.03. The molecule has 17 heavy (non-hydrogen) atoms. The summed E-state index contributed by atoms with van der Waals surface area (Å²) in [6.07, 6.45) is 0.383. The number of hydrogen-bond acceptors (Lipinski definition) is 3. The topological polar surface area (TPSA) is 67.6 Å². The first-order valence-electron chi connectivity index (χ1n) is 5.17. The van der Waals surface area contributed by atoms with E-state index in [-0.39, 0.29) is 0 Å². The minimum Gasteiger partial charge on any atom is -0.384 e. The number of nitrogen functional groups attached to an aromatic ring is 1. The van der Waals surface area contributed by atoms with Crippen molar-refractivity contribution in [2.24, 2.45) is 0 Å². The van der Waals surface area contributed by atoms with Gasteiger partial charge in [0.15, 0.2) is 0 Å². The van der Waals surface area contributed by atoms with Gasteiger partial charge in [-0.05, 0) is 6.07 Å². The Morgan fingerprint density at radius 3 is 2.88 bits per heavy atom. The molecule has 0 unspecified atom stereocenters. The third-order valence-electron chi connectivity index (χ3n) is 2.40. The quantitative estimate of drug-likeness (QED) is 0.905. The molecule has 0 amide bonds. The second kappa shape index (κ2) is 4.89. The average molecular weight is 247 g/mol. The number of aromatic nitrogens is 2. The molecule has 2 aromatic rings. The monoisotopic (exact) mass is 246 g/mol. The average Bonchev–Trinajstić information content (AvgIpc) is 2.68. The van der Waals surface area contributed by atoms with Crippen molar-refractivity contribution in [3.05, 3.63) is 35.4 Å². The van der Waals surface area contributed by atoms with Crippen LogP contribution in [0.15, 0.2) is 30.3 Å². The molecule has 5 heteroatoms. The highest BCUT2D eigenvalue weighted by atomic mass is 35.5. The Balaban J connectivity index is 2.35. The second-order valence-corrected chi connectivity index (χ2v) is 3.97. The fourth-order valence-corrected chi connectivity index (χ4v) is 1.80. The van der Waals surface area contributed by atoms with Gasteiger partial charge in [-0.15, -0.1) is 0 Å². The zero-order valence-electron chi connectivity index (χ0n) is 9.10. The van der Waals surface area contributed by atoms with E-state index in [0.717, 1.165) is 11.3 Å². The predicted octanol–water partition coefficient (Wildman–Crippen LogP) is 2.70. The number of aryl methyl sites for hydroxylation is 1. The Labute approximate surface area is 104 Å². The van der Waals surface area contributed by atoms with Crippen molar-refractivity contribution in [3.63, 3.8) is 0 Å². The Hall–Kier alpha value is -1.99. The number of hydrogen-bond donors (Lipinski definition) is 1. The van der Waals surface area contributed by atoms with Crippen molar-refractivity contribution >= 4 is 17.4 Å². The molecule has 2 N–H and O–H groups in total. The summed E-state index contributed by atoms with van der Waals surface area (Å²) in [6.45, 7) is 0.493. The molecule has 0 atom stereocenters. The largest absolute Gasteiger partial charge is 0.384 e. The van der Waals surface area contributed by atoms with Gasteiger partial charge in [0.25, 0.3) is 0 Å². The van der Waals surface area contributed by atoms with Crippen LogP contribution in [0.2, 0.25) is 5.02 Å². The lowest BCUT2D eigenvalue weighted by Gasteiger charge is -2.00. The smallest absolute Gasteiger partial charge is 0.122 e. The maximum Gasteiger partial charge on any atom is 0.122 e. The molecule has 0 bridgehead atoms. The molecule has 1 aromatic carbocycles. The molecule has 1 heterocycles. The highest BCUT2D eigenvalue weighted by Gasteiger charge is 2.09. The maximum absolute atomic E-state index is 8.53. The molecule has 0 saturated carbocycles. The van der Waals surface area contributed by atoms with Crippen molar-refractivity contribution < 1.29 is 0 Å². The van der Waals surface area contributed by atoms with Crippen LogP contribution >= 0.6 is 11.6 Å². The second-order valence-electron chi connectivity index (χ2n) is 3.57. The van der Waals surface area contributed by atoms with Gasteiger partial charge in [-0.3, -0.25) is 0 Å². The molecular weight excluding hydrogens is 236 g/mol. The van der Waals surface area contributed by atoms with Crippen LogP contribution in [-0.2, 0) is 6.54 Å². The maximum atomic E-state index is 8.53. The summed E-state index contributed by atoms with van der Waals surface area (Å²) in [7, 11) is 0. The molecular formula is C12H11ClN4. The van der Waals surface area contributed by atoms with Crippen LogP contribution in [0, 0.1) is 11.3 Å². The van der Waals surface area contributed by atoms with Gasteiger partial charge in [-0.2, -0.15) is 10.4 Å². The van der Waals surface area contributed by atoms with E-state index in [1.165, 1.54) is 0 Å². The van der Waals surface area contributed by atoms with Crippen molar-refractivity contribution in [2.45, 2.75) is 13.0 Å². The number of halogens is 1. The van der Waals surface area contributed by atoms with E-state index in [2.05, 4.69) is 11.2 Å². The van der Waals surface area contributed by atoms with E-state index < -0.39 is 0 Å². The van der Waals surface area contributed by atoms with Gasteiger partial charge in [0, 0.05) is 11.6 Å². The van der Waals surface area contributed by atoms with E-state index >= 15 is 0 Å². The van der Waals surface area contributed by atoms with Gasteiger partial charge >= 0.3 is 0 Å². The fourth-order valence-electron chi connectivity index (χ4n) is 1.57. The minimum atomic E-state index is 0.383. The number of rotatable bonds is 3. The number of nitriles is 1. The molecule has 1 aromatic heterocycles. The highest BCUT2D eigenvalue weighted by Crippen LogP contribution is 2.27. The summed E-state index contributed by atoms with van der Waals surface area (Å²) in [5, 5.41) is 13.5. The first-order chi connectivity index (χ1) is 8.22. The first-order valence-corrected chi connectivity index (χ1v) is 5.55. The highest BCUT2D eigenvalue weighted by molar-refractivity contribution is 6.33. The normalized spacial score (nSPS) is 10.1. The van der Waals surface area contributed by atoms with E-state index in [9.17, 15) is 0 Å². The molecule has 0 aliphatic heterocycles. The standard InChI is InChI=1S/C12H11ClN4/c13-10-5-2-1-4-9(10)11-8-12(15)17(16-11)7-3-6-14/h1-2,4-5,8H,3,7,15H2. The molecule has 0 spiro atoms. The Bertz CT molecular complexity index is 568. The Morgan fingerprint density at radius 1 is 1.41 bits per heavy atom. The third kappa shape index (κ3) is 2.40. The van der Waals surface area contributed by atoms with Crippen molar-refractivity contribution in [1.29, 1.82) is 5.26 Å². The van der Waals surface area contributed by atoms with Gasteiger partial charge in [-0.25, -0.2) is 4.68 Å². The summed E-state index contributed by atoms with van der Waals surface area (Å²) in [5.41, 5.74) is 7.39. The molecule has 86 valence electrons. The van der Waals surface area contributed by atoms with Crippen LogP contribution in [0.25, 0.3) is 11.3 Å². The van der Waals surface area contributed by atoms with Gasteiger partial charge in [-0.1, -0.05) is 29.8 Å². The van der Waals surface area contributed by atoms with Gasteiger partial charge < -0.3 is 5.73 Å². The number of anilines is 1. The Kier molecular flexibility index (Phi) is 3.31. The predicted molar refractivity (Wildman–Crippen MR) is 67.3 cm³/mol. The Morgan fingerprint density at radius 2 is 2.18 bits per heavy atom. The van der Waals surface area contributed by atoms with Crippen molar-refractivity contribution in [1.82, 2.24) is 9.78 Å². The van der Waals surface area contributed by atoms with Crippen molar-refractivity contribution in [2.75, 3.05) is 5.73 Å².